The fourth-order valence-electron chi connectivity index (χ4n) is 3.98. The highest BCUT2D eigenvalue weighted by Crippen LogP contribution is 2.37. The summed E-state index contributed by atoms with van der Waals surface area (Å²) in [7, 11) is 0. The monoisotopic (exact) mass is 605 g/mol. The van der Waals surface area contributed by atoms with Crippen molar-refractivity contribution in [1.29, 1.82) is 0 Å². The van der Waals surface area contributed by atoms with E-state index in [1.807, 2.05) is 36.4 Å². The molecule has 1 saturated heterocycles. The van der Waals surface area contributed by atoms with Gasteiger partial charge in [-0.2, -0.15) is 0 Å². The van der Waals surface area contributed by atoms with Crippen LogP contribution < -0.4 is 10.6 Å². The van der Waals surface area contributed by atoms with E-state index in [2.05, 4.69) is 10.6 Å². The molecule has 1 aliphatic heterocycles. The van der Waals surface area contributed by atoms with Gasteiger partial charge in [0.15, 0.2) is 11.6 Å². The molecule has 11 heteroatoms. The average Bonchev–Trinajstić information content (AvgIpc) is 2.75. The standard InChI is InChI=1S/C24H27F3IN3O4/c1-14(2)35-8-7-29-11-24(10-20(32)33)12-31(13-24)23(34)16-4-5-17(25)21(27)22(16)30-19-6-3-15(28)9-18(19)26/h3-6,9,14,29-30H,7-8,10-13H2,1-2H3,(H,32,33). The number of carboxylic acids is 1. The van der Waals surface area contributed by atoms with E-state index in [-0.39, 0.29) is 36.9 Å². The number of hydrogen-bond acceptors (Lipinski definition) is 5. The van der Waals surface area contributed by atoms with Crippen molar-refractivity contribution < 1.29 is 32.6 Å². The van der Waals surface area contributed by atoms with Crippen LogP contribution in [0.3, 0.4) is 0 Å². The van der Waals surface area contributed by atoms with Crippen molar-refractivity contribution in [3.05, 3.63) is 56.9 Å². The smallest absolute Gasteiger partial charge is 0.304 e. The number of likely N-dealkylation sites (tertiary alicyclic amines) is 1. The quantitative estimate of drug-likeness (QED) is 0.260. The highest BCUT2D eigenvalue weighted by molar-refractivity contribution is 14.1. The Morgan fingerprint density at radius 2 is 1.89 bits per heavy atom. The van der Waals surface area contributed by atoms with Crippen LogP contribution >= 0.6 is 22.6 Å². The van der Waals surface area contributed by atoms with Crippen molar-refractivity contribution in [2.24, 2.45) is 5.41 Å². The van der Waals surface area contributed by atoms with Gasteiger partial charge in [-0.05, 0) is 66.8 Å². The molecule has 0 atom stereocenters. The SMILES string of the molecule is CC(C)OCCNCC1(CC(=O)O)CN(C(=O)c2ccc(F)c(F)c2Nc2ccc(I)cc2F)C1. The Kier molecular flexibility index (Phi) is 9.00. The molecule has 0 saturated carbocycles. The zero-order chi connectivity index (χ0) is 25.8. The van der Waals surface area contributed by atoms with Crippen LogP contribution in [0.1, 0.15) is 30.6 Å². The van der Waals surface area contributed by atoms with Crippen molar-refractivity contribution in [1.82, 2.24) is 10.2 Å². The summed E-state index contributed by atoms with van der Waals surface area (Å²) in [6.07, 6.45) is -0.0838. The van der Waals surface area contributed by atoms with Gasteiger partial charge in [-0.1, -0.05) is 0 Å². The lowest BCUT2D eigenvalue weighted by Crippen LogP contribution is -2.63. The van der Waals surface area contributed by atoms with Crippen molar-refractivity contribution in [2.75, 3.05) is 38.1 Å². The van der Waals surface area contributed by atoms with Gasteiger partial charge < -0.3 is 25.4 Å². The van der Waals surface area contributed by atoms with Crippen LogP contribution in [-0.4, -0.2) is 60.8 Å². The molecule has 3 N–H and O–H groups in total. The van der Waals surface area contributed by atoms with Crippen LogP contribution in [0.15, 0.2) is 30.3 Å². The molecule has 2 aromatic carbocycles. The van der Waals surface area contributed by atoms with Gasteiger partial charge in [0.1, 0.15) is 5.82 Å². The van der Waals surface area contributed by atoms with E-state index >= 15 is 0 Å². The number of amides is 1. The largest absolute Gasteiger partial charge is 0.481 e. The lowest BCUT2D eigenvalue weighted by Gasteiger charge is -2.50. The highest BCUT2D eigenvalue weighted by Gasteiger charge is 2.47. The molecule has 35 heavy (non-hydrogen) atoms. The summed E-state index contributed by atoms with van der Waals surface area (Å²) in [5.74, 6) is -4.79. The Bertz CT molecular complexity index is 1090. The minimum atomic E-state index is -1.31. The number of aliphatic carboxylic acids is 1. The van der Waals surface area contributed by atoms with Crippen molar-refractivity contribution in [3.8, 4) is 0 Å². The number of nitrogens with one attached hydrogen (secondary N) is 2. The third-order valence-electron chi connectivity index (χ3n) is 5.61. The number of halogens is 4. The molecule has 1 heterocycles. The third-order valence-corrected chi connectivity index (χ3v) is 6.28. The first kappa shape index (κ1) is 27.2. The highest BCUT2D eigenvalue weighted by atomic mass is 127. The summed E-state index contributed by atoms with van der Waals surface area (Å²) in [6, 6.07) is 6.13. The van der Waals surface area contributed by atoms with Gasteiger partial charge in [0.2, 0.25) is 0 Å². The Labute approximate surface area is 215 Å². The minimum absolute atomic E-state index is 0.0773. The molecule has 0 aromatic heterocycles. The van der Waals surface area contributed by atoms with Gasteiger partial charge in [0, 0.05) is 35.2 Å². The zero-order valence-electron chi connectivity index (χ0n) is 19.3. The lowest BCUT2D eigenvalue weighted by molar-refractivity contribution is -0.142. The predicted octanol–water partition coefficient (Wildman–Crippen LogP) is 4.38. The first-order valence-corrected chi connectivity index (χ1v) is 12.1. The topological polar surface area (TPSA) is 90.9 Å². The Morgan fingerprint density at radius 3 is 2.51 bits per heavy atom. The average molecular weight is 605 g/mol. The van der Waals surface area contributed by atoms with Gasteiger partial charge in [-0.15, -0.1) is 0 Å². The second-order valence-corrected chi connectivity index (χ2v) is 10.1. The molecule has 7 nitrogen and oxygen atoms in total. The Morgan fingerprint density at radius 1 is 1.17 bits per heavy atom. The molecule has 1 amide bonds. The van der Waals surface area contributed by atoms with Crippen LogP contribution in [0.4, 0.5) is 24.5 Å². The number of anilines is 2. The van der Waals surface area contributed by atoms with Crippen molar-refractivity contribution in [2.45, 2.75) is 26.4 Å². The maximum Gasteiger partial charge on any atom is 0.304 e. The van der Waals surface area contributed by atoms with E-state index in [9.17, 15) is 27.9 Å². The van der Waals surface area contributed by atoms with Gasteiger partial charge in [0.25, 0.3) is 5.91 Å². The van der Waals surface area contributed by atoms with Crippen LogP contribution in [0.2, 0.25) is 0 Å². The number of ether oxygens (including phenoxy) is 1. The number of nitrogens with zero attached hydrogens (tertiary/aromatic N) is 1. The molecule has 3 rings (SSSR count). The maximum atomic E-state index is 14.7. The fourth-order valence-corrected chi connectivity index (χ4v) is 4.43. The molecular weight excluding hydrogens is 578 g/mol. The summed E-state index contributed by atoms with van der Waals surface area (Å²) in [5, 5.41) is 15.0. The van der Waals surface area contributed by atoms with E-state index in [1.54, 1.807) is 6.07 Å². The van der Waals surface area contributed by atoms with Crippen molar-refractivity contribution in [3.63, 3.8) is 0 Å². The summed E-state index contributed by atoms with van der Waals surface area (Å²) >= 11 is 1.92. The molecular formula is C24H27F3IN3O4. The number of rotatable bonds is 11. The molecule has 0 radical (unpaired) electrons. The van der Waals surface area contributed by atoms with Crippen molar-refractivity contribution >= 4 is 45.8 Å². The van der Waals surface area contributed by atoms with Crippen LogP contribution in [0, 0.1) is 26.4 Å². The summed E-state index contributed by atoms with van der Waals surface area (Å²) in [5.41, 5.74) is -1.47. The number of benzene rings is 2. The second kappa shape index (κ2) is 11.6. The normalized spacial score (nSPS) is 14.7. The number of carboxylic acid groups (broad SMARTS) is 1. The molecule has 0 spiro atoms. The molecule has 0 aliphatic carbocycles. The molecule has 1 aliphatic rings. The van der Waals surface area contributed by atoms with E-state index in [0.29, 0.717) is 23.3 Å². The van der Waals surface area contributed by atoms with Crippen LogP contribution in [0.5, 0.6) is 0 Å². The lowest BCUT2D eigenvalue weighted by atomic mass is 9.76. The number of hydrogen-bond donors (Lipinski definition) is 3. The summed E-state index contributed by atoms with van der Waals surface area (Å²) in [4.78, 5) is 26.0. The summed E-state index contributed by atoms with van der Waals surface area (Å²) < 4.78 is 49.1. The maximum absolute atomic E-state index is 14.7. The van der Waals surface area contributed by atoms with Crippen LogP contribution in [-0.2, 0) is 9.53 Å². The first-order valence-electron chi connectivity index (χ1n) is 11.0. The molecule has 0 bridgehead atoms. The van der Waals surface area contributed by atoms with E-state index < -0.39 is 40.4 Å². The second-order valence-electron chi connectivity index (χ2n) is 8.86. The van der Waals surface area contributed by atoms with Crippen LogP contribution in [0.25, 0.3) is 0 Å². The fraction of sp³-hybridized carbons (Fsp3) is 0.417. The van der Waals surface area contributed by atoms with E-state index in [0.717, 1.165) is 12.1 Å². The predicted molar refractivity (Wildman–Crippen MR) is 133 cm³/mol. The first-order chi connectivity index (χ1) is 16.5. The number of carbonyl (C=O) groups excluding carboxylic acids is 1. The Hall–Kier alpha value is -2.38. The van der Waals surface area contributed by atoms with Gasteiger partial charge in [-0.3, -0.25) is 9.59 Å². The minimum Gasteiger partial charge on any atom is -0.481 e. The molecule has 1 fully saturated rings. The van der Waals surface area contributed by atoms with Gasteiger partial charge >= 0.3 is 5.97 Å². The zero-order valence-corrected chi connectivity index (χ0v) is 21.5. The van der Waals surface area contributed by atoms with Gasteiger partial charge in [0.05, 0.1) is 36.1 Å². The summed E-state index contributed by atoms with van der Waals surface area (Å²) in [6.45, 7) is 5.39. The number of carbonyl (C=O) groups is 2. The molecule has 2 aromatic rings. The molecule has 190 valence electrons. The molecule has 0 unspecified atom stereocenters. The van der Waals surface area contributed by atoms with E-state index in [4.69, 9.17) is 4.74 Å². The van der Waals surface area contributed by atoms with E-state index in [1.165, 1.54) is 17.0 Å². The third kappa shape index (κ3) is 6.85. The van der Waals surface area contributed by atoms with Gasteiger partial charge in [-0.25, -0.2) is 13.2 Å². The Balaban J connectivity index is 1.75.